The lowest BCUT2D eigenvalue weighted by atomic mass is 9.99. The molecule has 1 aliphatic rings. The van der Waals surface area contributed by atoms with E-state index in [2.05, 4.69) is 20.8 Å². The first-order valence-corrected chi connectivity index (χ1v) is 10.9. The van der Waals surface area contributed by atoms with E-state index in [1.807, 2.05) is 91.0 Å². The average molecular weight is 454 g/mol. The van der Waals surface area contributed by atoms with Gasteiger partial charge in [0.15, 0.2) is 0 Å². The van der Waals surface area contributed by atoms with E-state index in [1.54, 1.807) is 4.68 Å². The Labute approximate surface area is 196 Å². The summed E-state index contributed by atoms with van der Waals surface area (Å²) in [6.07, 6.45) is -0.645. The van der Waals surface area contributed by atoms with Gasteiger partial charge in [0.2, 0.25) is 0 Å². The second-order valence-corrected chi connectivity index (χ2v) is 7.85. The standard InChI is InChI=1S/C25H22N6O3/c32-23-21(26-25(33)34-17-18-10-4-1-5-11-18)16-30(23)24-27-28-29-31(24)22(19-12-6-2-7-13-19)20-14-8-3-9-15-20/h1-15,21-22H,16-17H2,(H,26,33)/t21-/m0/s1. The number of hydrogen-bond acceptors (Lipinski definition) is 6. The van der Waals surface area contributed by atoms with E-state index in [4.69, 9.17) is 4.74 Å². The molecule has 4 aromatic rings. The van der Waals surface area contributed by atoms with Gasteiger partial charge in [0, 0.05) is 0 Å². The molecule has 5 rings (SSSR count). The minimum Gasteiger partial charge on any atom is -0.445 e. The maximum Gasteiger partial charge on any atom is 0.408 e. The van der Waals surface area contributed by atoms with Crippen LogP contribution in [0.3, 0.4) is 0 Å². The van der Waals surface area contributed by atoms with E-state index in [-0.39, 0.29) is 25.1 Å². The van der Waals surface area contributed by atoms with Crippen LogP contribution in [0.5, 0.6) is 0 Å². The highest BCUT2D eigenvalue weighted by Gasteiger charge is 2.42. The molecule has 0 unspecified atom stereocenters. The van der Waals surface area contributed by atoms with Gasteiger partial charge in [-0.1, -0.05) is 96.1 Å². The zero-order valence-corrected chi connectivity index (χ0v) is 18.2. The third-order valence-electron chi connectivity index (χ3n) is 5.63. The molecule has 1 aliphatic heterocycles. The third kappa shape index (κ3) is 4.36. The number of carbonyl (C=O) groups is 2. The highest BCUT2D eigenvalue weighted by Crippen LogP contribution is 2.30. The molecule has 9 heteroatoms. The molecule has 34 heavy (non-hydrogen) atoms. The average Bonchev–Trinajstić information content (AvgIpc) is 3.35. The first-order valence-electron chi connectivity index (χ1n) is 10.9. The number of carbonyl (C=O) groups excluding carboxylic acids is 2. The molecule has 1 N–H and O–H groups in total. The van der Waals surface area contributed by atoms with Crippen LogP contribution in [-0.4, -0.2) is 44.8 Å². The van der Waals surface area contributed by atoms with E-state index in [9.17, 15) is 9.59 Å². The maximum absolute atomic E-state index is 12.9. The summed E-state index contributed by atoms with van der Waals surface area (Å²) in [4.78, 5) is 26.5. The molecule has 170 valence electrons. The summed E-state index contributed by atoms with van der Waals surface area (Å²) in [6, 6.07) is 28.0. The molecule has 1 saturated heterocycles. The number of amides is 2. The van der Waals surface area contributed by atoms with Crippen molar-refractivity contribution in [1.29, 1.82) is 0 Å². The van der Waals surface area contributed by atoms with Gasteiger partial charge in [0.05, 0.1) is 6.54 Å². The van der Waals surface area contributed by atoms with Gasteiger partial charge in [-0.25, -0.2) is 4.79 Å². The summed E-state index contributed by atoms with van der Waals surface area (Å²) < 4.78 is 6.85. The zero-order chi connectivity index (χ0) is 23.3. The lowest BCUT2D eigenvalue weighted by molar-refractivity contribution is -0.124. The van der Waals surface area contributed by atoms with E-state index in [1.165, 1.54) is 4.90 Å². The molecule has 1 aromatic heterocycles. The van der Waals surface area contributed by atoms with Crippen LogP contribution in [0.15, 0.2) is 91.0 Å². The number of hydrogen-bond donors (Lipinski definition) is 1. The van der Waals surface area contributed by atoms with Gasteiger partial charge in [-0.2, -0.15) is 4.68 Å². The molecule has 0 bridgehead atoms. The minimum absolute atomic E-state index is 0.130. The fraction of sp³-hybridized carbons (Fsp3) is 0.160. The zero-order valence-electron chi connectivity index (χ0n) is 18.2. The van der Waals surface area contributed by atoms with Crippen LogP contribution < -0.4 is 10.2 Å². The Morgan fingerprint density at radius 3 is 2.12 bits per heavy atom. The molecule has 1 atom stereocenters. The fourth-order valence-corrected chi connectivity index (χ4v) is 3.90. The number of aromatic nitrogens is 4. The van der Waals surface area contributed by atoms with Crippen molar-refractivity contribution < 1.29 is 14.3 Å². The summed E-state index contributed by atoms with van der Waals surface area (Å²) in [5.41, 5.74) is 2.83. The van der Waals surface area contributed by atoms with Crippen molar-refractivity contribution >= 4 is 17.9 Å². The number of ether oxygens (including phenoxy) is 1. The Hall–Kier alpha value is -4.53. The third-order valence-corrected chi connectivity index (χ3v) is 5.63. The Balaban J connectivity index is 1.30. The number of alkyl carbamates (subject to hydrolysis) is 1. The van der Waals surface area contributed by atoms with Gasteiger partial charge >= 0.3 is 6.09 Å². The summed E-state index contributed by atoms with van der Waals surface area (Å²) in [5.74, 6) is 0.0194. The topological polar surface area (TPSA) is 102 Å². The van der Waals surface area contributed by atoms with Crippen molar-refractivity contribution in [1.82, 2.24) is 25.5 Å². The van der Waals surface area contributed by atoms with Crippen molar-refractivity contribution in [3.05, 3.63) is 108 Å². The van der Waals surface area contributed by atoms with Gasteiger partial charge in [-0.3, -0.25) is 9.69 Å². The largest absolute Gasteiger partial charge is 0.445 e. The van der Waals surface area contributed by atoms with Crippen molar-refractivity contribution in [3.63, 3.8) is 0 Å². The molecule has 3 aromatic carbocycles. The van der Waals surface area contributed by atoms with E-state index in [0.717, 1.165) is 16.7 Å². The first kappa shape index (κ1) is 21.3. The van der Waals surface area contributed by atoms with Crippen LogP contribution in [0, 0.1) is 0 Å². The molecule has 0 spiro atoms. The number of benzene rings is 3. The summed E-state index contributed by atoms with van der Waals surface area (Å²) >= 11 is 0. The second-order valence-electron chi connectivity index (χ2n) is 7.85. The molecular formula is C25H22N6O3. The predicted molar refractivity (Wildman–Crippen MR) is 124 cm³/mol. The van der Waals surface area contributed by atoms with Crippen molar-refractivity contribution in [3.8, 4) is 0 Å². The number of tetrazole rings is 1. The molecule has 0 aliphatic carbocycles. The van der Waals surface area contributed by atoms with Crippen molar-refractivity contribution in [2.75, 3.05) is 11.4 Å². The Morgan fingerprint density at radius 2 is 1.53 bits per heavy atom. The quantitative estimate of drug-likeness (QED) is 0.431. The highest BCUT2D eigenvalue weighted by atomic mass is 16.5. The number of β-lactam (4-membered cyclic amide) rings is 1. The maximum atomic E-state index is 12.9. The van der Waals surface area contributed by atoms with E-state index < -0.39 is 12.1 Å². The summed E-state index contributed by atoms with van der Waals surface area (Å²) in [6.45, 7) is 0.376. The van der Waals surface area contributed by atoms with Gasteiger partial charge in [-0.15, -0.1) is 0 Å². The van der Waals surface area contributed by atoms with Gasteiger partial charge in [0.1, 0.15) is 18.7 Å². The highest BCUT2D eigenvalue weighted by molar-refractivity contribution is 6.04. The van der Waals surface area contributed by atoms with Crippen LogP contribution in [0.25, 0.3) is 0 Å². The van der Waals surface area contributed by atoms with Gasteiger partial charge in [-0.05, 0) is 27.1 Å². The number of rotatable bonds is 7. The van der Waals surface area contributed by atoms with E-state index >= 15 is 0 Å². The fourth-order valence-electron chi connectivity index (χ4n) is 3.90. The monoisotopic (exact) mass is 454 g/mol. The molecule has 9 nitrogen and oxygen atoms in total. The first-order chi connectivity index (χ1) is 16.7. The van der Waals surface area contributed by atoms with E-state index in [0.29, 0.717) is 5.95 Å². The SMILES string of the molecule is O=C(N[C@H]1CN(c2nnnn2C(c2ccccc2)c2ccccc2)C1=O)OCc1ccccc1. The lowest BCUT2D eigenvalue weighted by Crippen LogP contribution is -2.64. The van der Waals surface area contributed by atoms with Gasteiger partial charge in [0.25, 0.3) is 11.9 Å². The smallest absolute Gasteiger partial charge is 0.408 e. The number of nitrogens with zero attached hydrogens (tertiary/aromatic N) is 5. The van der Waals surface area contributed by atoms with Crippen molar-refractivity contribution in [2.45, 2.75) is 18.7 Å². The van der Waals surface area contributed by atoms with Crippen LogP contribution in [0.1, 0.15) is 22.7 Å². The Morgan fingerprint density at radius 1 is 0.941 bits per heavy atom. The normalized spacial score (nSPS) is 15.1. The number of nitrogens with one attached hydrogen (secondary N) is 1. The number of anilines is 1. The molecule has 2 amide bonds. The Bertz CT molecular complexity index is 1220. The van der Waals surface area contributed by atoms with Crippen LogP contribution in [0.4, 0.5) is 10.7 Å². The predicted octanol–water partition coefficient (Wildman–Crippen LogP) is 2.95. The van der Waals surface area contributed by atoms with Crippen LogP contribution in [0.2, 0.25) is 0 Å². The molecule has 1 fully saturated rings. The second kappa shape index (κ2) is 9.53. The molecular weight excluding hydrogens is 432 g/mol. The Kier molecular flexibility index (Phi) is 5.98. The molecule has 0 radical (unpaired) electrons. The lowest BCUT2D eigenvalue weighted by Gasteiger charge is -2.37. The summed E-state index contributed by atoms with van der Waals surface area (Å²) in [7, 11) is 0. The van der Waals surface area contributed by atoms with Crippen molar-refractivity contribution in [2.24, 2.45) is 0 Å². The van der Waals surface area contributed by atoms with Crippen LogP contribution >= 0.6 is 0 Å². The molecule has 0 saturated carbocycles. The summed E-state index contributed by atoms with van der Waals surface area (Å²) in [5, 5.41) is 14.8. The van der Waals surface area contributed by atoms with Crippen LogP contribution in [-0.2, 0) is 16.1 Å². The molecule has 2 heterocycles. The van der Waals surface area contributed by atoms with Gasteiger partial charge < -0.3 is 10.1 Å². The minimum atomic E-state index is -0.694.